The predicted molar refractivity (Wildman–Crippen MR) is 70.1 cm³/mol. The summed E-state index contributed by atoms with van der Waals surface area (Å²) in [7, 11) is 0. The number of hydrogen-bond donors (Lipinski definition) is 1. The second-order valence-corrected chi connectivity index (χ2v) is 4.38. The van der Waals surface area contributed by atoms with Crippen molar-refractivity contribution < 1.29 is 9.90 Å². The van der Waals surface area contributed by atoms with Gasteiger partial charge in [0.1, 0.15) is 11.1 Å². The second kappa shape index (κ2) is 4.33. The number of carbonyl (C=O) groups is 1. The first kappa shape index (κ1) is 11.6. The third kappa shape index (κ3) is 1.82. The third-order valence-corrected chi connectivity index (χ3v) is 3.22. The molecule has 0 radical (unpaired) electrons. The fraction of sp³-hybridized carbons (Fsp3) is 0.0667. The molecule has 1 aromatic carbocycles. The van der Waals surface area contributed by atoms with Crippen molar-refractivity contribution in [2.24, 2.45) is 5.73 Å². The van der Waals surface area contributed by atoms with Gasteiger partial charge in [0.05, 0.1) is 0 Å². The maximum absolute atomic E-state index is 12.0. The average Bonchev–Trinajstić information content (AvgIpc) is 2.56. The molecule has 1 aromatic rings. The molecule has 0 aromatic heterocycles. The Morgan fingerprint density at radius 3 is 2.79 bits per heavy atom. The van der Waals surface area contributed by atoms with Gasteiger partial charge in [-0.3, -0.25) is 5.73 Å². The molecule has 0 fully saturated rings. The van der Waals surface area contributed by atoms with E-state index < -0.39 is 12.1 Å². The van der Waals surface area contributed by atoms with E-state index in [0.29, 0.717) is 16.6 Å². The average molecular weight is 252 g/mol. The lowest BCUT2D eigenvalue weighted by Crippen LogP contribution is -2.46. The number of para-hydroxylation sites is 1. The highest BCUT2D eigenvalue weighted by molar-refractivity contribution is 5.78. The lowest BCUT2D eigenvalue weighted by atomic mass is 10.0. The predicted octanol–water partition coefficient (Wildman–Crippen LogP) is -0.841. The highest BCUT2D eigenvalue weighted by atomic mass is 16.3. The first-order valence-electron chi connectivity index (χ1n) is 5.96. The van der Waals surface area contributed by atoms with Crippen LogP contribution in [0.3, 0.4) is 0 Å². The lowest BCUT2D eigenvalue weighted by molar-refractivity contribution is -0.390. The molecule has 4 nitrogen and oxygen atoms in total. The zero-order valence-corrected chi connectivity index (χ0v) is 10.1. The molecule has 94 valence electrons. The van der Waals surface area contributed by atoms with E-state index in [1.165, 1.54) is 4.58 Å². The molecule has 4 heteroatoms. The van der Waals surface area contributed by atoms with Gasteiger partial charge in [-0.1, -0.05) is 48.6 Å². The van der Waals surface area contributed by atoms with Crippen molar-refractivity contribution in [2.45, 2.75) is 6.10 Å². The second-order valence-electron chi connectivity index (χ2n) is 4.38. The Labute approximate surface area is 109 Å². The number of primary amides is 1. The summed E-state index contributed by atoms with van der Waals surface area (Å²) >= 11 is 0. The minimum Gasteiger partial charge on any atom is -0.845 e. The molecule has 1 aliphatic heterocycles. The number of rotatable bonds is 0. The molecule has 1 unspecified atom stereocenters. The molecule has 0 saturated heterocycles. The van der Waals surface area contributed by atoms with Crippen molar-refractivity contribution in [3.63, 3.8) is 0 Å². The van der Waals surface area contributed by atoms with Gasteiger partial charge < -0.3 is 5.11 Å². The smallest absolute Gasteiger partial charge is 0.494 e. The van der Waals surface area contributed by atoms with Gasteiger partial charge in [-0.15, -0.1) is 0 Å². The summed E-state index contributed by atoms with van der Waals surface area (Å²) in [5.74, 6) is 0. The fourth-order valence-corrected chi connectivity index (χ4v) is 2.36. The molecule has 0 spiro atoms. The van der Waals surface area contributed by atoms with Crippen LogP contribution < -0.4 is 26.0 Å². The van der Waals surface area contributed by atoms with Crippen LogP contribution >= 0.6 is 0 Å². The van der Waals surface area contributed by atoms with E-state index in [2.05, 4.69) is 0 Å². The van der Waals surface area contributed by atoms with Crippen LogP contribution in [0.15, 0.2) is 59.8 Å². The van der Waals surface area contributed by atoms with E-state index in [9.17, 15) is 9.90 Å². The van der Waals surface area contributed by atoms with Crippen molar-refractivity contribution in [1.82, 2.24) is 4.58 Å². The van der Waals surface area contributed by atoms with E-state index in [-0.39, 0.29) is 0 Å². The maximum atomic E-state index is 12.0. The molecular formula is C15H12N2O2. The van der Waals surface area contributed by atoms with Gasteiger partial charge in [-0.25, -0.2) is 0 Å². The standard InChI is InChI=1S/C15H12N2O2/c16-15(19)17-12-5-2-1-4-10(12)8-9-11-13(17)6-3-7-14(11)18/h1-9,14H,(H2,16,19). The first-order chi connectivity index (χ1) is 9.18. The van der Waals surface area contributed by atoms with Crippen LogP contribution in [0.2, 0.25) is 0 Å². The lowest BCUT2D eigenvalue weighted by Gasteiger charge is -2.25. The van der Waals surface area contributed by atoms with Gasteiger partial charge in [0.25, 0.3) is 0 Å². The Balaban J connectivity index is 2.44. The number of fused-ring (bicyclic) bond motifs is 2. The Hall–Kier alpha value is -2.46. The molecule has 2 amide bonds. The summed E-state index contributed by atoms with van der Waals surface area (Å²) in [6.45, 7) is 0. The van der Waals surface area contributed by atoms with Crippen LogP contribution in [0.5, 0.6) is 0 Å². The Bertz CT molecular complexity index is 770. The van der Waals surface area contributed by atoms with Crippen LogP contribution in [0, 0.1) is 0 Å². The summed E-state index contributed by atoms with van der Waals surface area (Å²) in [4.78, 5) is 11.8. The number of benzene rings is 1. The molecule has 2 aliphatic rings. The zero-order chi connectivity index (χ0) is 13.4. The van der Waals surface area contributed by atoms with Crippen molar-refractivity contribution in [2.75, 3.05) is 0 Å². The normalized spacial score (nSPS) is 20.5. The van der Waals surface area contributed by atoms with Gasteiger partial charge in [-0.2, -0.15) is 9.37 Å². The van der Waals surface area contributed by atoms with Crippen LogP contribution in [0.25, 0.3) is 6.08 Å². The monoisotopic (exact) mass is 252 g/mol. The molecule has 19 heavy (non-hydrogen) atoms. The van der Waals surface area contributed by atoms with Gasteiger partial charge in [0.15, 0.2) is 0 Å². The van der Waals surface area contributed by atoms with Crippen molar-refractivity contribution in [1.29, 1.82) is 0 Å². The number of urea groups is 1. The number of nitrogens with two attached hydrogens (primary N) is 1. The van der Waals surface area contributed by atoms with Gasteiger partial charge in [-0.05, 0) is 17.7 Å². The van der Waals surface area contributed by atoms with Crippen LogP contribution in [0.4, 0.5) is 4.79 Å². The van der Waals surface area contributed by atoms with Gasteiger partial charge >= 0.3 is 6.03 Å². The van der Waals surface area contributed by atoms with Crippen LogP contribution in [-0.4, -0.2) is 12.1 Å². The number of amides is 2. The molecule has 3 rings (SSSR count). The summed E-state index contributed by atoms with van der Waals surface area (Å²) < 4.78 is 1.39. The molecule has 1 aliphatic carbocycles. The molecule has 1 atom stereocenters. The summed E-state index contributed by atoms with van der Waals surface area (Å²) in [5, 5.41) is 13.5. The third-order valence-electron chi connectivity index (χ3n) is 3.22. The quantitative estimate of drug-likeness (QED) is 0.612. The van der Waals surface area contributed by atoms with Crippen LogP contribution in [0.1, 0.15) is 0 Å². The van der Waals surface area contributed by atoms with Gasteiger partial charge in [0, 0.05) is 5.22 Å². The van der Waals surface area contributed by atoms with Crippen molar-refractivity contribution >= 4 is 12.1 Å². The van der Waals surface area contributed by atoms with E-state index in [1.807, 2.05) is 30.3 Å². The fourth-order valence-electron chi connectivity index (χ4n) is 2.36. The number of carbonyl (C=O) groups excluding carboxylic acids is 1. The van der Waals surface area contributed by atoms with E-state index in [0.717, 1.165) is 5.22 Å². The van der Waals surface area contributed by atoms with Crippen molar-refractivity contribution in [3.05, 3.63) is 70.4 Å². The van der Waals surface area contributed by atoms with Crippen LogP contribution in [-0.2, 0) is 0 Å². The van der Waals surface area contributed by atoms with E-state index in [1.54, 1.807) is 24.3 Å². The summed E-state index contributed by atoms with van der Waals surface area (Å²) in [6.07, 6.45) is 7.57. The highest BCUT2D eigenvalue weighted by Gasteiger charge is 2.24. The zero-order valence-electron chi connectivity index (χ0n) is 10.1. The van der Waals surface area contributed by atoms with E-state index >= 15 is 0 Å². The van der Waals surface area contributed by atoms with E-state index in [4.69, 9.17) is 5.73 Å². The first-order valence-corrected chi connectivity index (χ1v) is 5.96. The number of hydrogen-bond acceptors (Lipinski definition) is 2. The van der Waals surface area contributed by atoms with Gasteiger partial charge in [0.2, 0.25) is 0 Å². The summed E-state index contributed by atoms with van der Waals surface area (Å²) in [5.41, 5.74) is 6.59. The summed E-state index contributed by atoms with van der Waals surface area (Å²) in [6, 6.07) is 6.81. The minimum atomic E-state index is -0.979. The Morgan fingerprint density at radius 1 is 1.21 bits per heavy atom. The number of allylic oxidation sites excluding steroid dienone is 3. The maximum Gasteiger partial charge on any atom is 0.494 e. The molecule has 1 heterocycles. The SMILES string of the molecule is NC(=O)[N+]1=c2ccccc2=CC=C2C1=CC=CC2[O-]. The largest absolute Gasteiger partial charge is 0.845 e. The number of nitrogens with zero attached hydrogens (tertiary/aromatic N) is 1. The molecule has 0 saturated carbocycles. The van der Waals surface area contributed by atoms with Crippen molar-refractivity contribution in [3.8, 4) is 0 Å². The highest BCUT2D eigenvalue weighted by Crippen LogP contribution is 2.19. The molecule has 0 bridgehead atoms. The molecular weight excluding hydrogens is 240 g/mol. The Morgan fingerprint density at radius 2 is 2.00 bits per heavy atom. The minimum absolute atomic E-state index is 0.552. The molecule has 2 N–H and O–H groups in total. The Kier molecular flexibility index (Phi) is 2.65. The topological polar surface area (TPSA) is 69.2 Å².